The number of sulfonamides is 1. The van der Waals surface area contributed by atoms with Crippen molar-refractivity contribution in [3.8, 4) is 0 Å². The molecule has 1 N–H and O–H groups in total. The molecule has 3 aromatic carbocycles. The Hall–Kier alpha value is -3.23. The van der Waals surface area contributed by atoms with Crippen LogP contribution in [0.15, 0.2) is 84.3 Å². The molecule has 0 aliphatic heterocycles. The van der Waals surface area contributed by atoms with Gasteiger partial charge in [0.05, 0.1) is 22.2 Å². The van der Waals surface area contributed by atoms with E-state index in [1.807, 2.05) is 0 Å². The average Bonchev–Trinajstić information content (AvgIpc) is 2.76. The first-order chi connectivity index (χ1) is 15.2. The molecule has 5 nitrogen and oxygen atoms in total. The van der Waals surface area contributed by atoms with Crippen LogP contribution in [0, 0.1) is 11.6 Å². The molecule has 0 radical (unpaired) electrons. The highest BCUT2D eigenvalue weighted by Crippen LogP contribution is 2.30. The molecule has 0 saturated carbocycles. The van der Waals surface area contributed by atoms with E-state index in [0.717, 1.165) is 22.5 Å². The van der Waals surface area contributed by atoms with Gasteiger partial charge >= 0.3 is 0 Å². The fourth-order valence-electron chi connectivity index (χ4n) is 3.02. The first-order valence-electron chi connectivity index (χ1n) is 9.44. The highest BCUT2D eigenvalue weighted by Gasteiger charge is 2.26. The van der Waals surface area contributed by atoms with E-state index in [9.17, 15) is 22.0 Å². The lowest BCUT2D eigenvalue weighted by atomic mass is 10.2. The molecular weight excluding hydrogens is 458 g/mol. The lowest BCUT2D eigenvalue weighted by molar-refractivity contribution is 0.0950. The van der Waals surface area contributed by atoms with Gasteiger partial charge < -0.3 is 5.32 Å². The standard InChI is InChI=1S/C23H19ClF2N2O3S/c1-2-10-28(22-9-4-3-8-21(22)24)32(30,31)20-7-5-6-17(13-20)23(29)27-15-16-11-18(25)14-19(26)12-16/h2-9,11-14H,1,10,15H2,(H,27,29). The number of amides is 1. The van der Waals surface area contributed by atoms with Gasteiger partial charge in [0.1, 0.15) is 11.6 Å². The van der Waals surface area contributed by atoms with Gasteiger partial charge in [-0.15, -0.1) is 6.58 Å². The van der Waals surface area contributed by atoms with E-state index in [1.165, 1.54) is 30.3 Å². The number of para-hydroxylation sites is 1. The first kappa shape index (κ1) is 23.4. The van der Waals surface area contributed by atoms with Crippen molar-refractivity contribution in [2.24, 2.45) is 0 Å². The minimum absolute atomic E-state index is 0.0341. The van der Waals surface area contributed by atoms with Gasteiger partial charge in [-0.05, 0) is 48.0 Å². The Labute approximate surface area is 190 Å². The van der Waals surface area contributed by atoms with Gasteiger partial charge in [-0.3, -0.25) is 9.10 Å². The zero-order chi connectivity index (χ0) is 23.3. The van der Waals surface area contributed by atoms with Crippen LogP contribution in [0.2, 0.25) is 5.02 Å². The monoisotopic (exact) mass is 476 g/mol. The zero-order valence-electron chi connectivity index (χ0n) is 16.8. The van der Waals surface area contributed by atoms with Crippen molar-refractivity contribution in [1.82, 2.24) is 5.32 Å². The smallest absolute Gasteiger partial charge is 0.264 e. The van der Waals surface area contributed by atoms with Crippen molar-refractivity contribution >= 4 is 33.2 Å². The predicted octanol–water partition coefficient (Wildman–Crippen LogP) is 4.93. The summed E-state index contributed by atoms with van der Waals surface area (Å²) in [5.41, 5.74) is 0.577. The maximum absolute atomic E-state index is 13.3. The molecule has 0 bridgehead atoms. The Morgan fingerprint density at radius 1 is 1.03 bits per heavy atom. The van der Waals surface area contributed by atoms with Gasteiger partial charge in [-0.25, -0.2) is 17.2 Å². The summed E-state index contributed by atoms with van der Waals surface area (Å²) in [6.45, 7) is 3.44. The van der Waals surface area contributed by atoms with Crippen LogP contribution in [0.5, 0.6) is 0 Å². The maximum atomic E-state index is 13.3. The number of nitrogens with zero attached hydrogens (tertiary/aromatic N) is 1. The van der Waals surface area contributed by atoms with E-state index in [0.29, 0.717) is 0 Å². The van der Waals surface area contributed by atoms with Gasteiger partial charge in [0, 0.05) is 18.2 Å². The molecule has 0 atom stereocenters. The molecule has 166 valence electrons. The number of hydrogen-bond acceptors (Lipinski definition) is 3. The molecule has 32 heavy (non-hydrogen) atoms. The Balaban J connectivity index is 1.86. The molecule has 0 fully saturated rings. The Morgan fingerprint density at radius 3 is 2.38 bits per heavy atom. The first-order valence-corrected chi connectivity index (χ1v) is 11.3. The van der Waals surface area contributed by atoms with E-state index in [4.69, 9.17) is 11.6 Å². The number of hydrogen-bond donors (Lipinski definition) is 1. The van der Waals surface area contributed by atoms with Crippen LogP contribution in [0.25, 0.3) is 0 Å². The van der Waals surface area contributed by atoms with Crippen molar-refractivity contribution in [1.29, 1.82) is 0 Å². The molecule has 0 aliphatic rings. The van der Waals surface area contributed by atoms with Crippen LogP contribution < -0.4 is 9.62 Å². The zero-order valence-corrected chi connectivity index (χ0v) is 18.3. The van der Waals surface area contributed by atoms with Crippen molar-refractivity contribution in [3.05, 3.63) is 107 Å². The summed E-state index contributed by atoms with van der Waals surface area (Å²) in [5.74, 6) is -2.12. The lowest BCUT2D eigenvalue weighted by Crippen LogP contribution is -2.31. The molecule has 9 heteroatoms. The third-order valence-corrected chi connectivity index (χ3v) is 6.57. The minimum Gasteiger partial charge on any atom is -0.348 e. The van der Waals surface area contributed by atoms with Crippen LogP contribution in [0.1, 0.15) is 15.9 Å². The number of anilines is 1. The Bertz CT molecular complexity index is 1250. The van der Waals surface area contributed by atoms with Crippen LogP contribution in [-0.2, 0) is 16.6 Å². The molecule has 3 rings (SSSR count). The number of carbonyl (C=O) groups is 1. The van der Waals surface area contributed by atoms with Crippen LogP contribution in [0.4, 0.5) is 14.5 Å². The van der Waals surface area contributed by atoms with Crippen molar-refractivity contribution in [2.45, 2.75) is 11.4 Å². The van der Waals surface area contributed by atoms with Crippen LogP contribution in [0.3, 0.4) is 0 Å². The SMILES string of the molecule is C=CCN(c1ccccc1Cl)S(=O)(=O)c1cccc(C(=O)NCc2cc(F)cc(F)c2)c1. The number of benzene rings is 3. The van der Waals surface area contributed by atoms with Gasteiger partial charge in [-0.2, -0.15) is 0 Å². The van der Waals surface area contributed by atoms with Gasteiger partial charge in [-0.1, -0.05) is 35.9 Å². The van der Waals surface area contributed by atoms with E-state index < -0.39 is 27.6 Å². The van der Waals surface area contributed by atoms with E-state index >= 15 is 0 Å². The van der Waals surface area contributed by atoms with E-state index in [1.54, 1.807) is 24.3 Å². The molecule has 0 spiro atoms. The normalized spacial score (nSPS) is 11.1. The van der Waals surface area contributed by atoms with Crippen LogP contribution in [-0.4, -0.2) is 20.9 Å². The fraction of sp³-hybridized carbons (Fsp3) is 0.0870. The molecular formula is C23H19ClF2N2O3S. The second kappa shape index (κ2) is 9.93. The van der Waals surface area contributed by atoms with Crippen molar-refractivity contribution < 1.29 is 22.0 Å². The lowest BCUT2D eigenvalue weighted by Gasteiger charge is -2.24. The van der Waals surface area contributed by atoms with Crippen LogP contribution >= 0.6 is 11.6 Å². The van der Waals surface area contributed by atoms with Crippen molar-refractivity contribution in [3.63, 3.8) is 0 Å². The molecule has 3 aromatic rings. The fourth-order valence-corrected chi connectivity index (χ4v) is 4.81. The minimum atomic E-state index is -4.07. The summed E-state index contributed by atoms with van der Waals surface area (Å²) in [4.78, 5) is 12.4. The average molecular weight is 477 g/mol. The number of halogens is 3. The second-order valence-corrected chi connectivity index (χ2v) is 9.03. The summed E-state index contributed by atoms with van der Waals surface area (Å²) < 4.78 is 54.4. The highest BCUT2D eigenvalue weighted by atomic mass is 35.5. The summed E-state index contributed by atoms with van der Waals surface area (Å²) in [6, 6.07) is 14.9. The summed E-state index contributed by atoms with van der Waals surface area (Å²) >= 11 is 6.19. The van der Waals surface area contributed by atoms with Gasteiger partial charge in [0.15, 0.2) is 0 Å². The van der Waals surface area contributed by atoms with Gasteiger partial charge in [0.25, 0.3) is 15.9 Å². The highest BCUT2D eigenvalue weighted by molar-refractivity contribution is 7.92. The summed E-state index contributed by atoms with van der Waals surface area (Å²) in [7, 11) is -4.07. The topological polar surface area (TPSA) is 66.5 Å². The summed E-state index contributed by atoms with van der Waals surface area (Å²) in [6.07, 6.45) is 1.43. The largest absolute Gasteiger partial charge is 0.348 e. The number of carbonyl (C=O) groups excluding carboxylic acids is 1. The third-order valence-electron chi connectivity index (χ3n) is 4.48. The summed E-state index contributed by atoms with van der Waals surface area (Å²) in [5, 5.41) is 2.77. The number of nitrogens with one attached hydrogen (secondary N) is 1. The molecule has 0 saturated heterocycles. The third kappa shape index (κ3) is 5.33. The number of rotatable bonds is 8. The maximum Gasteiger partial charge on any atom is 0.264 e. The van der Waals surface area contributed by atoms with E-state index in [-0.39, 0.29) is 39.8 Å². The molecule has 0 unspecified atom stereocenters. The molecule has 1 amide bonds. The quantitative estimate of drug-likeness (QED) is 0.469. The van der Waals surface area contributed by atoms with Crippen molar-refractivity contribution in [2.75, 3.05) is 10.8 Å². The Kier molecular flexibility index (Phi) is 7.27. The molecule has 0 heterocycles. The van der Waals surface area contributed by atoms with E-state index in [2.05, 4.69) is 11.9 Å². The van der Waals surface area contributed by atoms with Gasteiger partial charge in [0.2, 0.25) is 0 Å². The second-order valence-electron chi connectivity index (χ2n) is 6.76. The Morgan fingerprint density at radius 2 is 1.72 bits per heavy atom. The predicted molar refractivity (Wildman–Crippen MR) is 120 cm³/mol. The molecule has 0 aliphatic carbocycles. The molecule has 0 aromatic heterocycles.